The summed E-state index contributed by atoms with van der Waals surface area (Å²) in [5.41, 5.74) is 3.91. The summed E-state index contributed by atoms with van der Waals surface area (Å²) in [5.74, 6) is 0.339. The molecular formula is C27H32N6O3. The van der Waals surface area contributed by atoms with Gasteiger partial charge in [0.15, 0.2) is 0 Å². The third kappa shape index (κ3) is 4.11. The molecule has 36 heavy (non-hydrogen) atoms. The Kier molecular flexibility index (Phi) is 5.67. The predicted molar refractivity (Wildman–Crippen MR) is 136 cm³/mol. The van der Waals surface area contributed by atoms with Crippen molar-refractivity contribution in [2.45, 2.75) is 51.6 Å². The Balaban J connectivity index is 1.28. The molecule has 3 aromatic rings. The number of carbonyl (C=O) groups excluding carboxylic acids is 2. The van der Waals surface area contributed by atoms with E-state index < -0.39 is 0 Å². The molecule has 9 heteroatoms. The maximum atomic E-state index is 12.9. The highest BCUT2D eigenvalue weighted by Crippen LogP contribution is 2.55. The van der Waals surface area contributed by atoms with Crippen LogP contribution >= 0.6 is 0 Å². The van der Waals surface area contributed by atoms with Crippen LogP contribution < -0.4 is 5.32 Å². The summed E-state index contributed by atoms with van der Waals surface area (Å²) < 4.78 is 7.34. The number of aromatic nitrogens is 3. The lowest BCUT2D eigenvalue weighted by Crippen LogP contribution is -2.42. The Morgan fingerprint density at radius 2 is 2.03 bits per heavy atom. The second-order valence-corrected chi connectivity index (χ2v) is 10.7. The van der Waals surface area contributed by atoms with Crippen LogP contribution in [0.3, 0.4) is 0 Å². The summed E-state index contributed by atoms with van der Waals surface area (Å²) in [5, 5.41) is 6.81. The first-order valence-corrected chi connectivity index (χ1v) is 12.8. The van der Waals surface area contributed by atoms with Gasteiger partial charge in [-0.15, -0.1) is 0 Å². The topological polar surface area (TPSA) is 96.5 Å². The molecule has 6 rings (SSSR count). The Morgan fingerprint density at radius 1 is 1.22 bits per heavy atom. The van der Waals surface area contributed by atoms with Crippen LogP contribution in [0.25, 0.3) is 11.0 Å². The highest BCUT2D eigenvalue weighted by Gasteiger charge is 2.50. The number of likely N-dealkylation sites (tertiary alicyclic amines) is 2. The number of fused-ring (bicyclic) bond motifs is 1. The van der Waals surface area contributed by atoms with Crippen molar-refractivity contribution in [2.24, 2.45) is 5.41 Å². The van der Waals surface area contributed by atoms with Gasteiger partial charge >= 0.3 is 0 Å². The number of amides is 2. The van der Waals surface area contributed by atoms with Gasteiger partial charge in [0.1, 0.15) is 0 Å². The lowest BCUT2D eigenvalue weighted by atomic mass is 9.64. The molecule has 0 unspecified atom stereocenters. The lowest BCUT2D eigenvalue weighted by Gasteiger charge is -2.46. The van der Waals surface area contributed by atoms with Crippen LogP contribution in [-0.4, -0.2) is 62.5 Å². The fourth-order valence-electron chi connectivity index (χ4n) is 6.24. The molecule has 4 heterocycles. The van der Waals surface area contributed by atoms with E-state index in [9.17, 15) is 9.59 Å². The number of carbonyl (C=O) groups is 2. The normalized spacial score (nSPS) is 23.9. The smallest absolute Gasteiger partial charge is 0.296 e. The van der Waals surface area contributed by atoms with E-state index in [0.717, 1.165) is 63.0 Å². The summed E-state index contributed by atoms with van der Waals surface area (Å²) in [7, 11) is 0. The summed E-state index contributed by atoms with van der Waals surface area (Å²) >= 11 is 0. The van der Waals surface area contributed by atoms with Crippen LogP contribution in [0.15, 0.2) is 41.4 Å². The van der Waals surface area contributed by atoms with E-state index in [1.165, 1.54) is 24.5 Å². The van der Waals surface area contributed by atoms with Crippen molar-refractivity contribution in [3.8, 4) is 0 Å². The molecular weight excluding hydrogens is 456 g/mol. The van der Waals surface area contributed by atoms with Gasteiger partial charge in [-0.1, -0.05) is 17.8 Å². The van der Waals surface area contributed by atoms with Crippen molar-refractivity contribution in [1.29, 1.82) is 0 Å². The number of anilines is 1. The molecule has 0 atom stereocenters. The maximum absolute atomic E-state index is 12.9. The van der Waals surface area contributed by atoms with E-state index in [1.54, 1.807) is 13.0 Å². The number of benzene rings is 1. The molecule has 3 aliphatic rings. The fourth-order valence-corrected chi connectivity index (χ4v) is 6.24. The first-order valence-electron chi connectivity index (χ1n) is 12.8. The van der Waals surface area contributed by atoms with Crippen LogP contribution in [0.4, 0.5) is 5.95 Å². The SMILES string of the molecule is C=CC(=O)N1CCC2(CC(n3c(NC(=O)c4cc(C)no4)nc4cc(CN5CCCC5)ccc43)C2)C1. The van der Waals surface area contributed by atoms with Gasteiger partial charge in [0.2, 0.25) is 17.6 Å². The van der Waals surface area contributed by atoms with Crippen LogP contribution in [0.1, 0.15) is 60.0 Å². The monoisotopic (exact) mass is 488 g/mol. The highest BCUT2D eigenvalue weighted by molar-refractivity contribution is 6.02. The van der Waals surface area contributed by atoms with Gasteiger partial charge < -0.3 is 14.0 Å². The van der Waals surface area contributed by atoms with E-state index in [0.29, 0.717) is 11.6 Å². The van der Waals surface area contributed by atoms with Crippen LogP contribution in [0.2, 0.25) is 0 Å². The number of nitrogens with zero attached hydrogens (tertiary/aromatic N) is 5. The molecule has 1 aromatic carbocycles. The largest absolute Gasteiger partial charge is 0.351 e. The molecule has 2 amide bonds. The molecule has 2 aliphatic heterocycles. The molecule has 1 spiro atoms. The van der Waals surface area contributed by atoms with Gasteiger partial charge in [0.25, 0.3) is 5.91 Å². The van der Waals surface area contributed by atoms with Crippen molar-refractivity contribution in [1.82, 2.24) is 24.5 Å². The zero-order valence-electron chi connectivity index (χ0n) is 20.7. The van der Waals surface area contributed by atoms with Gasteiger partial charge in [0.05, 0.1) is 16.7 Å². The average molecular weight is 489 g/mol. The standard InChI is InChI=1S/C27H32N6O3/c1-3-24(34)32-11-8-27(17-32)14-20(15-27)33-22-7-6-19(16-31-9-4-5-10-31)13-21(22)28-26(33)29-25(35)23-12-18(2)30-36-23/h3,6-7,12-13,20H,1,4-5,8-11,14-17H2,2H3,(H,28,29,35). The quantitative estimate of drug-likeness (QED) is 0.529. The molecule has 188 valence electrons. The molecule has 1 N–H and O–H groups in total. The zero-order valence-corrected chi connectivity index (χ0v) is 20.7. The minimum absolute atomic E-state index is 0.00393. The lowest BCUT2D eigenvalue weighted by molar-refractivity contribution is -0.125. The highest BCUT2D eigenvalue weighted by atomic mass is 16.5. The van der Waals surface area contributed by atoms with Crippen molar-refractivity contribution < 1.29 is 14.1 Å². The number of hydrogen-bond acceptors (Lipinski definition) is 6. The molecule has 1 aliphatic carbocycles. The molecule has 0 radical (unpaired) electrons. The average Bonchev–Trinajstić information content (AvgIpc) is 3.63. The molecule has 2 aromatic heterocycles. The van der Waals surface area contributed by atoms with Crippen LogP contribution in [0.5, 0.6) is 0 Å². The first-order chi connectivity index (χ1) is 17.4. The van der Waals surface area contributed by atoms with Gasteiger partial charge in [-0.2, -0.15) is 0 Å². The van der Waals surface area contributed by atoms with Gasteiger partial charge in [-0.05, 0) is 81.3 Å². The van der Waals surface area contributed by atoms with E-state index in [4.69, 9.17) is 9.51 Å². The van der Waals surface area contributed by atoms with Crippen molar-refractivity contribution in [3.05, 3.63) is 53.9 Å². The first kappa shape index (κ1) is 23.0. The minimum Gasteiger partial charge on any atom is -0.351 e. The molecule has 2 saturated heterocycles. The Bertz CT molecular complexity index is 1330. The Hall–Kier alpha value is -3.46. The Labute approximate surface area is 210 Å². The molecule has 9 nitrogen and oxygen atoms in total. The van der Waals surface area contributed by atoms with Crippen LogP contribution in [0, 0.1) is 12.3 Å². The number of imidazole rings is 1. The molecule has 3 fully saturated rings. The van der Waals surface area contributed by atoms with Crippen molar-refractivity contribution in [2.75, 3.05) is 31.5 Å². The van der Waals surface area contributed by atoms with E-state index in [1.807, 2.05) is 4.90 Å². The van der Waals surface area contributed by atoms with Crippen LogP contribution in [-0.2, 0) is 11.3 Å². The predicted octanol–water partition coefficient (Wildman–Crippen LogP) is 3.92. The maximum Gasteiger partial charge on any atom is 0.296 e. The van der Waals surface area contributed by atoms with E-state index in [2.05, 4.69) is 44.7 Å². The molecule has 0 bridgehead atoms. The van der Waals surface area contributed by atoms with Crippen molar-refractivity contribution >= 4 is 28.8 Å². The number of nitrogens with one attached hydrogen (secondary N) is 1. The second-order valence-electron chi connectivity index (χ2n) is 10.7. The number of hydrogen-bond donors (Lipinski definition) is 1. The van der Waals surface area contributed by atoms with E-state index >= 15 is 0 Å². The third-order valence-corrected chi connectivity index (χ3v) is 8.06. The summed E-state index contributed by atoms with van der Waals surface area (Å²) in [6.07, 6.45) is 6.80. The van der Waals surface area contributed by atoms with Gasteiger partial charge in [-0.25, -0.2) is 4.98 Å². The van der Waals surface area contributed by atoms with Crippen molar-refractivity contribution in [3.63, 3.8) is 0 Å². The van der Waals surface area contributed by atoms with Gasteiger partial charge in [0, 0.05) is 31.7 Å². The number of aryl methyl sites for hydroxylation is 1. The summed E-state index contributed by atoms with van der Waals surface area (Å²) in [4.78, 5) is 34.3. The number of rotatable bonds is 6. The van der Waals surface area contributed by atoms with Gasteiger partial charge in [-0.3, -0.25) is 19.8 Å². The summed E-state index contributed by atoms with van der Waals surface area (Å²) in [6, 6.07) is 8.28. The Morgan fingerprint density at radius 3 is 2.75 bits per heavy atom. The molecule has 1 saturated carbocycles. The van der Waals surface area contributed by atoms with E-state index in [-0.39, 0.29) is 29.0 Å². The third-order valence-electron chi connectivity index (χ3n) is 8.06. The summed E-state index contributed by atoms with van der Waals surface area (Å²) in [6.45, 7) is 10.2. The zero-order chi connectivity index (χ0) is 24.9. The minimum atomic E-state index is -0.359. The second kappa shape index (κ2) is 8.89. The fraction of sp³-hybridized carbons (Fsp3) is 0.481.